The zero-order valence-electron chi connectivity index (χ0n) is 16.0. The Morgan fingerprint density at radius 3 is 2.90 bits per heavy atom. The zero-order valence-corrected chi connectivity index (χ0v) is 16.8. The minimum absolute atomic E-state index is 0.297. The molecule has 0 fully saturated rings. The van der Waals surface area contributed by atoms with Crippen molar-refractivity contribution >= 4 is 27.4 Å². The van der Waals surface area contributed by atoms with Crippen LogP contribution in [-0.4, -0.2) is 28.3 Å². The molecule has 0 saturated carbocycles. The van der Waals surface area contributed by atoms with Gasteiger partial charge in [-0.3, -0.25) is 4.98 Å². The number of nitrogens with one attached hydrogen (secondary N) is 1. The van der Waals surface area contributed by atoms with Crippen LogP contribution in [0.4, 0.5) is 5.82 Å². The Hall–Kier alpha value is -3.19. The maximum atomic E-state index is 5.47. The van der Waals surface area contributed by atoms with Crippen molar-refractivity contribution in [3.63, 3.8) is 0 Å². The topological polar surface area (TPSA) is 69.2 Å². The van der Waals surface area contributed by atoms with Crippen molar-refractivity contribution in [3.05, 3.63) is 59.2 Å². The Kier molecular flexibility index (Phi) is 4.73. The molecule has 29 heavy (non-hydrogen) atoms. The lowest BCUT2D eigenvalue weighted by Gasteiger charge is -2.09. The predicted molar refractivity (Wildman–Crippen MR) is 115 cm³/mol. The van der Waals surface area contributed by atoms with Crippen LogP contribution >= 0.6 is 11.3 Å². The van der Waals surface area contributed by atoms with Crippen LogP contribution in [0.25, 0.3) is 21.6 Å². The molecule has 3 aromatic heterocycles. The summed E-state index contributed by atoms with van der Waals surface area (Å²) in [6.07, 6.45) is 5.40. The number of anilines is 1. The van der Waals surface area contributed by atoms with Gasteiger partial charge in [-0.1, -0.05) is 13.0 Å². The van der Waals surface area contributed by atoms with Crippen LogP contribution in [0.1, 0.15) is 17.4 Å². The smallest absolute Gasteiger partial charge is 0.231 e. The van der Waals surface area contributed by atoms with Gasteiger partial charge in [0.1, 0.15) is 10.6 Å². The molecule has 0 unspecified atom stereocenters. The Morgan fingerprint density at radius 1 is 1.10 bits per heavy atom. The molecule has 0 spiro atoms. The summed E-state index contributed by atoms with van der Waals surface area (Å²) < 4.78 is 10.9. The molecule has 0 amide bonds. The first-order valence-electron chi connectivity index (χ1n) is 9.63. The van der Waals surface area contributed by atoms with Gasteiger partial charge >= 0.3 is 0 Å². The SMILES string of the molecule is CCc1cc2c(NCCc3ccc4c(c3)OCO4)nc(-c3cccnc3)nc2s1. The van der Waals surface area contributed by atoms with Crippen molar-refractivity contribution in [3.8, 4) is 22.9 Å². The van der Waals surface area contributed by atoms with Gasteiger partial charge in [-0.05, 0) is 48.7 Å². The molecule has 0 aliphatic carbocycles. The molecule has 0 radical (unpaired) electrons. The second kappa shape index (κ2) is 7.67. The van der Waals surface area contributed by atoms with E-state index >= 15 is 0 Å². The molecule has 1 aliphatic heterocycles. The molecular weight excluding hydrogens is 384 g/mol. The monoisotopic (exact) mass is 404 g/mol. The lowest BCUT2D eigenvalue weighted by atomic mass is 10.1. The van der Waals surface area contributed by atoms with E-state index in [-0.39, 0.29) is 0 Å². The number of aromatic nitrogens is 3. The quantitative estimate of drug-likeness (QED) is 0.502. The molecule has 4 aromatic rings. The van der Waals surface area contributed by atoms with Crippen molar-refractivity contribution in [2.24, 2.45) is 0 Å². The van der Waals surface area contributed by atoms with Gasteiger partial charge in [0.25, 0.3) is 0 Å². The lowest BCUT2D eigenvalue weighted by Crippen LogP contribution is -2.07. The highest BCUT2D eigenvalue weighted by molar-refractivity contribution is 7.18. The van der Waals surface area contributed by atoms with Gasteiger partial charge in [-0.2, -0.15) is 0 Å². The second-order valence-electron chi connectivity index (χ2n) is 6.79. The number of ether oxygens (including phenoxy) is 2. The van der Waals surface area contributed by atoms with Gasteiger partial charge < -0.3 is 14.8 Å². The molecule has 6 nitrogen and oxygen atoms in total. The highest BCUT2D eigenvalue weighted by atomic mass is 32.1. The van der Waals surface area contributed by atoms with Crippen molar-refractivity contribution in [1.29, 1.82) is 0 Å². The third-order valence-electron chi connectivity index (χ3n) is 4.86. The number of aryl methyl sites for hydroxylation is 1. The van der Waals surface area contributed by atoms with Gasteiger partial charge in [-0.25, -0.2) is 9.97 Å². The fourth-order valence-corrected chi connectivity index (χ4v) is 4.29. The number of rotatable bonds is 6. The van der Waals surface area contributed by atoms with Gasteiger partial charge in [0.05, 0.1) is 5.39 Å². The number of thiophene rings is 1. The van der Waals surface area contributed by atoms with Crippen molar-refractivity contribution in [2.75, 3.05) is 18.7 Å². The van der Waals surface area contributed by atoms with Crippen molar-refractivity contribution in [1.82, 2.24) is 15.0 Å². The van der Waals surface area contributed by atoms with Crippen LogP contribution in [0.15, 0.2) is 48.8 Å². The Bertz CT molecular complexity index is 1160. The van der Waals surface area contributed by atoms with Crippen LogP contribution < -0.4 is 14.8 Å². The molecule has 1 aromatic carbocycles. The van der Waals surface area contributed by atoms with Gasteiger partial charge in [-0.15, -0.1) is 11.3 Å². The highest BCUT2D eigenvalue weighted by Crippen LogP contribution is 2.33. The molecule has 4 heterocycles. The Morgan fingerprint density at radius 2 is 2.03 bits per heavy atom. The standard InChI is InChI=1S/C22H20N4O2S/c1-2-16-11-17-21(24-9-7-14-5-6-18-19(10-14)28-13-27-18)25-20(26-22(17)29-16)15-4-3-8-23-12-15/h3-6,8,10-12H,2,7,9,13H2,1H3,(H,24,25,26). The van der Waals surface area contributed by atoms with Gasteiger partial charge in [0.15, 0.2) is 17.3 Å². The number of nitrogens with zero attached hydrogens (tertiary/aromatic N) is 3. The molecule has 7 heteroatoms. The van der Waals surface area contributed by atoms with Crippen LogP contribution in [0.2, 0.25) is 0 Å². The Balaban J connectivity index is 1.41. The van der Waals surface area contributed by atoms with E-state index in [0.29, 0.717) is 12.6 Å². The van der Waals surface area contributed by atoms with E-state index in [2.05, 4.69) is 29.4 Å². The highest BCUT2D eigenvalue weighted by Gasteiger charge is 2.14. The number of pyridine rings is 1. The maximum Gasteiger partial charge on any atom is 0.231 e. The normalized spacial score (nSPS) is 12.4. The average Bonchev–Trinajstić information content (AvgIpc) is 3.40. The van der Waals surface area contributed by atoms with Crippen molar-refractivity contribution in [2.45, 2.75) is 19.8 Å². The van der Waals surface area contributed by atoms with Crippen molar-refractivity contribution < 1.29 is 9.47 Å². The van der Waals surface area contributed by atoms with Gasteiger partial charge in [0, 0.05) is 29.4 Å². The van der Waals surface area contributed by atoms with E-state index in [1.165, 1.54) is 10.4 Å². The molecule has 1 aliphatic rings. The summed E-state index contributed by atoms with van der Waals surface area (Å²) in [6.45, 7) is 3.22. The van der Waals surface area contributed by atoms with E-state index in [1.807, 2.05) is 24.3 Å². The first-order valence-corrected chi connectivity index (χ1v) is 10.4. The summed E-state index contributed by atoms with van der Waals surface area (Å²) in [5.41, 5.74) is 2.11. The predicted octanol–water partition coefficient (Wildman–Crippen LogP) is 4.70. The molecule has 5 rings (SSSR count). The summed E-state index contributed by atoms with van der Waals surface area (Å²) >= 11 is 1.72. The molecule has 0 atom stereocenters. The van der Waals surface area contributed by atoms with Crippen LogP contribution in [0.3, 0.4) is 0 Å². The van der Waals surface area contributed by atoms with Crippen LogP contribution in [0, 0.1) is 0 Å². The third kappa shape index (κ3) is 3.61. The third-order valence-corrected chi connectivity index (χ3v) is 6.03. The summed E-state index contributed by atoms with van der Waals surface area (Å²) in [7, 11) is 0. The second-order valence-corrected chi connectivity index (χ2v) is 7.90. The summed E-state index contributed by atoms with van der Waals surface area (Å²) in [5.74, 6) is 3.19. The molecule has 0 bridgehead atoms. The lowest BCUT2D eigenvalue weighted by molar-refractivity contribution is 0.174. The van der Waals surface area contributed by atoms with E-state index in [9.17, 15) is 0 Å². The van der Waals surface area contributed by atoms with E-state index in [1.54, 1.807) is 23.7 Å². The van der Waals surface area contributed by atoms with Crippen LogP contribution in [0.5, 0.6) is 11.5 Å². The molecule has 146 valence electrons. The van der Waals surface area contributed by atoms with E-state index < -0.39 is 0 Å². The fourth-order valence-electron chi connectivity index (χ4n) is 3.33. The zero-order chi connectivity index (χ0) is 19.6. The fraction of sp³-hybridized carbons (Fsp3) is 0.227. The minimum atomic E-state index is 0.297. The van der Waals surface area contributed by atoms with E-state index in [0.717, 1.165) is 52.5 Å². The molecule has 1 N–H and O–H groups in total. The average molecular weight is 404 g/mol. The Labute approximate surface area is 172 Å². The van der Waals surface area contributed by atoms with Crippen LogP contribution in [-0.2, 0) is 12.8 Å². The number of benzene rings is 1. The molecular formula is C22H20N4O2S. The first kappa shape index (κ1) is 17.9. The first-order chi connectivity index (χ1) is 14.3. The number of fused-ring (bicyclic) bond motifs is 2. The number of hydrogen-bond acceptors (Lipinski definition) is 7. The largest absolute Gasteiger partial charge is 0.454 e. The van der Waals surface area contributed by atoms with E-state index in [4.69, 9.17) is 19.4 Å². The minimum Gasteiger partial charge on any atom is -0.454 e. The summed E-state index contributed by atoms with van der Waals surface area (Å²) in [6, 6.07) is 12.2. The van der Waals surface area contributed by atoms with Gasteiger partial charge in [0.2, 0.25) is 6.79 Å². The molecule has 0 saturated heterocycles. The summed E-state index contributed by atoms with van der Waals surface area (Å²) in [4.78, 5) is 16.1. The summed E-state index contributed by atoms with van der Waals surface area (Å²) in [5, 5.41) is 4.59. The maximum absolute atomic E-state index is 5.47. The number of hydrogen-bond donors (Lipinski definition) is 1.